The SMILES string of the molecule is CCCN(CCO)CC(=O)Nc1cccc(C(N)=S)c1. The molecule has 0 unspecified atom stereocenters. The topological polar surface area (TPSA) is 78.6 Å². The van der Waals surface area contributed by atoms with Gasteiger partial charge in [-0.15, -0.1) is 0 Å². The highest BCUT2D eigenvalue weighted by atomic mass is 32.1. The number of hydrogen-bond donors (Lipinski definition) is 3. The number of aliphatic hydroxyl groups excluding tert-OH is 1. The van der Waals surface area contributed by atoms with E-state index in [1.165, 1.54) is 0 Å². The van der Waals surface area contributed by atoms with E-state index in [4.69, 9.17) is 23.1 Å². The largest absolute Gasteiger partial charge is 0.395 e. The summed E-state index contributed by atoms with van der Waals surface area (Å²) in [6, 6.07) is 7.13. The van der Waals surface area contributed by atoms with Gasteiger partial charge >= 0.3 is 0 Å². The van der Waals surface area contributed by atoms with E-state index in [2.05, 4.69) is 5.32 Å². The number of amides is 1. The van der Waals surface area contributed by atoms with Gasteiger partial charge in [-0.3, -0.25) is 9.69 Å². The number of thiocarbonyl (C=S) groups is 1. The second kappa shape index (κ2) is 8.63. The van der Waals surface area contributed by atoms with E-state index in [9.17, 15) is 4.79 Å². The van der Waals surface area contributed by atoms with Crippen LogP contribution >= 0.6 is 12.2 Å². The lowest BCUT2D eigenvalue weighted by Crippen LogP contribution is -2.35. The standard InChI is InChI=1S/C14H21N3O2S/c1-2-6-17(7-8-18)10-13(19)16-12-5-3-4-11(9-12)14(15)20/h3-5,9,18H,2,6-8,10H2,1H3,(H2,15,20)(H,16,19). The number of nitrogens with one attached hydrogen (secondary N) is 1. The molecule has 0 saturated carbocycles. The predicted octanol–water partition coefficient (Wildman–Crippen LogP) is 0.964. The van der Waals surface area contributed by atoms with Crippen molar-refractivity contribution in [3.63, 3.8) is 0 Å². The van der Waals surface area contributed by atoms with Crippen LogP contribution in [0.5, 0.6) is 0 Å². The van der Waals surface area contributed by atoms with Gasteiger partial charge in [0.25, 0.3) is 0 Å². The summed E-state index contributed by atoms with van der Waals surface area (Å²) in [5.41, 5.74) is 6.94. The molecule has 5 nitrogen and oxygen atoms in total. The second-order valence-electron chi connectivity index (χ2n) is 4.49. The summed E-state index contributed by atoms with van der Waals surface area (Å²) in [6.07, 6.45) is 0.935. The fourth-order valence-corrected chi connectivity index (χ4v) is 2.01. The lowest BCUT2D eigenvalue weighted by molar-refractivity contribution is -0.117. The van der Waals surface area contributed by atoms with Crippen molar-refractivity contribution in [1.82, 2.24) is 4.90 Å². The van der Waals surface area contributed by atoms with Gasteiger partial charge in [-0.25, -0.2) is 0 Å². The van der Waals surface area contributed by atoms with Gasteiger partial charge in [0, 0.05) is 17.8 Å². The zero-order chi connectivity index (χ0) is 15.0. The van der Waals surface area contributed by atoms with Gasteiger partial charge in [-0.2, -0.15) is 0 Å². The van der Waals surface area contributed by atoms with E-state index < -0.39 is 0 Å². The van der Waals surface area contributed by atoms with E-state index in [1.807, 2.05) is 11.8 Å². The number of rotatable bonds is 8. The first-order valence-electron chi connectivity index (χ1n) is 6.59. The van der Waals surface area contributed by atoms with Gasteiger partial charge < -0.3 is 16.2 Å². The van der Waals surface area contributed by atoms with Crippen LogP contribution in [0.2, 0.25) is 0 Å². The molecule has 0 heterocycles. The Balaban J connectivity index is 2.60. The number of aliphatic hydroxyl groups is 1. The molecule has 110 valence electrons. The molecule has 4 N–H and O–H groups in total. The highest BCUT2D eigenvalue weighted by Crippen LogP contribution is 2.10. The zero-order valence-electron chi connectivity index (χ0n) is 11.6. The van der Waals surface area contributed by atoms with Crippen LogP contribution in [-0.2, 0) is 4.79 Å². The summed E-state index contributed by atoms with van der Waals surface area (Å²) in [4.78, 5) is 14.2. The molecule has 1 rings (SSSR count). The first-order chi connectivity index (χ1) is 9.56. The van der Waals surface area contributed by atoms with Crippen LogP contribution in [-0.4, -0.2) is 47.1 Å². The summed E-state index contributed by atoms with van der Waals surface area (Å²) < 4.78 is 0. The zero-order valence-corrected chi connectivity index (χ0v) is 12.4. The lowest BCUT2D eigenvalue weighted by atomic mass is 10.2. The molecule has 0 spiro atoms. The molecule has 0 fully saturated rings. The number of nitrogens with two attached hydrogens (primary N) is 1. The molecule has 20 heavy (non-hydrogen) atoms. The Morgan fingerprint density at radius 1 is 1.45 bits per heavy atom. The van der Waals surface area contributed by atoms with Gasteiger partial charge in [0.05, 0.1) is 13.2 Å². The average Bonchev–Trinajstić information content (AvgIpc) is 2.39. The molecule has 0 aliphatic carbocycles. The normalized spacial score (nSPS) is 10.6. The molecule has 1 aromatic rings. The van der Waals surface area contributed by atoms with Crippen molar-refractivity contribution in [3.05, 3.63) is 29.8 Å². The van der Waals surface area contributed by atoms with Crippen molar-refractivity contribution in [2.75, 3.05) is 31.6 Å². The van der Waals surface area contributed by atoms with Crippen LogP contribution < -0.4 is 11.1 Å². The van der Waals surface area contributed by atoms with Crippen LogP contribution in [0.3, 0.4) is 0 Å². The average molecular weight is 295 g/mol. The number of benzene rings is 1. The minimum Gasteiger partial charge on any atom is -0.395 e. The maximum atomic E-state index is 12.0. The Hall–Kier alpha value is -1.50. The summed E-state index contributed by atoms with van der Waals surface area (Å²) in [5, 5.41) is 11.8. The highest BCUT2D eigenvalue weighted by Gasteiger charge is 2.10. The minimum absolute atomic E-state index is 0.0458. The Morgan fingerprint density at radius 3 is 2.80 bits per heavy atom. The third kappa shape index (κ3) is 5.64. The van der Waals surface area contributed by atoms with E-state index in [0.717, 1.165) is 18.5 Å². The molecule has 0 bridgehead atoms. The van der Waals surface area contributed by atoms with Crippen LogP contribution in [0, 0.1) is 0 Å². The Kier molecular flexibility index (Phi) is 7.14. The van der Waals surface area contributed by atoms with Crippen molar-refractivity contribution < 1.29 is 9.90 Å². The molecule has 6 heteroatoms. The van der Waals surface area contributed by atoms with E-state index >= 15 is 0 Å². The molecule has 0 saturated heterocycles. The first-order valence-corrected chi connectivity index (χ1v) is 7.00. The monoisotopic (exact) mass is 295 g/mol. The molecule has 1 aromatic carbocycles. The van der Waals surface area contributed by atoms with E-state index in [0.29, 0.717) is 17.2 Å². The maximum absolute atomic E-state index is 12.0. The number of hydrogen-bond acceptors (Lipinski definition) is 4. The summed E-state index contributed by atoms with van der Waals surface area (Å²) in [5.74, 6) is -0.119. The molecule has 0 atom stereocenters. The van der Waals surface area contributed by atoms with Crippen molar-refractivity contribution in [1.29, 1.82) is 0 Å². The van der Waals surface area contributed by atoms with Gasteiger partial charge in [0.1, 0.15) is 4.99 Å². The summed E-state index contributed by atoms with van der Waals surface area (Å²) in [6.45, 7) is 3.61. The fourth-order valence-electron chi connectivity index (χ4n) is 1.88. The van der Waals surface area contributed by atoms with Gasteiger partial charge in [0.2, 0.25) is 5.91 Å². The number of anilines is 1. The van der Waals surface area contributed by atoms with Crippen molar-refractivity contribution in [3.8, 4) is 0 Å². The molecular weight excluding hydrogens is 274 g/mol. The molecule has 0 aliphatic rings. The van der Waals surface area contributed by atoms with Crippen LogP contribution in [0.25, 0.3) is 0 Å². The van der Waals surface area contributed by atoms with Gasteiger partial charge in [-0.05, 0) is 25.1 Å². The van der Waals surface area contributed by atoms with Crippen molar-refractivity contribution in [2.45, 2.75) is 13.3 Å². The summed E-state index contributed by atoms with van der Waals surface area (Å²) in [7, 11) is 0. The van der Waals surface area contributed by atoms with Crippen molar-refractivity contribution >= 4 is 28.8 Å². The summed E-state index contributed by atoms with van der Waals surface area (Å²) >= 11 is 4.90. The Morgan fingerprint density at radius 2 is 2.20 bits per heavy atom. The van der Waals surface area contributed by atoms with E-state index in [-0.39, 0.29) is 19.1 Å². The first kappa shape index (κ1) is 16.6. The molecule has 0 radical (unpaired) electrons. The van der Waals surface area contributed by atoms with Crippen molar-refractivity contribution in [2.24, 2.45) is 5.73 Å². The van der Waals surface area contributed by atoms with Gasteiger partial charge in [0.15, 0.2) is 0 Å². The van der Waals surface area contributed by atoms with E-state index in [1.54, 1.807) is 24.3 Å². The third-order valence-electron chi connectivity index (χ3n) is 2.75. The Labute approximate surface area is 124 Å². The quantitative estimate of drug-likeness (QED) is 0.623. The molecule has 0 aromatic heterocycles. The van der Waals surface area contributed by atoms with Gasteiger partial charge in [-0.1, -0.05) is 31.3 Å². The predicted molar refractivity (Wildman–Crippen MR) is 84.8 cm³/mol. The fraction of sp³-hybridized carbons (Fsp3) is 0.429. The van der Waals surface area contributed by atoms with Crippen LogP contribution in [0.15, 0.2) is 24.3 Å². The van der Waals surface area contributed by atoms with Crippen LogP contribution in [0.1, 0.15) is 18.9 Å². The molecule has 0 aliphatic heterocycles. The number of nitrogens with zero attached hydrogens (tertiary/aromatic N) is 1. The number of carbonyl (C=O) groups excluding carboxylic acids is 1. The Bertz CT molecular complexity index is 459. The number of carbonyl (C=O) groups is 1. The minimum atomic E-state index is -0.119. The third-order valence-corrected chi connectivity index (χ3v) is 2.99. The lowest BCUT2D eigenvalue weighted by Gasteiger charge is -2.19. The van der Waals surface area contributed by atoms with Crippen LogP contribution in [0.4, 0.5) is 5.69 Å². The second-order valence-corrected chi connectivity index (χ2v) is 4.93. The smallest absolute Gasteiger partial charge is 0.238 e. The maximum Gasteiger partial charge on any atom is 0.238 e. The molecule has 1 amide bonds. The highest BCUT2D eigenvalue weighted by molar-refractivity contribution is 7.80. The molecular formula is C14H21N3O2S.